The second kappa shape index (κ2) is 4.55. The van der Waals surface area contributed by atoms with Crippen LogP contribution < -0.4 is 10.5 Å². The Balaban J connectivity index is 2.04. The number of pyridine rings is 1. The summed E-state index contributed by atoms with van der Waals surface area (Å²) in [7, 11) is 0. The van der Waals surface area contributed by atoms with Crippen molar-refractivity contribution in [1.82, 2.24) is 9.97 Å². The molecule has 0 unspecified atom stereocenters. The third kappa shape index (κ3) is 2.16. The molecule has 3 rings (SSSR count). The van der Waals surface area contributed by atoms with Crippen LogP contribution in [0.2, 0.25) is 0 Å². The van der Waals surface area contributed by atoms with E-state index in [9.17, 15) is 0 Å². The Labute approximate surface area is 116 Å². The first-order valence-electron chi connectivity index (χ1n) is 5.16. The van der Waals surface area contributed by atoms with E-state index >= 15 is 0 Å². The number of rotatable bonds is 2. The van der Waals surface area contributed by atoms with Crippen LogP contribution in [0.5, 0.6) is 11.5 Å². The van der Waals surface area contributed by atoms with E-state index in [0.717, 1.165) is 14.7 Å². The lowest BCUT2D eigenvalue weighted by atomic mass is 10.3. The number of ether oxygens (including phenoxy) is 1. The Hall–Kier alpha value is -1.66. The maximum absolute atomic E-state index is 5.78. The van der Waals surface area contributed by atoms with Gasteiger partial charge in [-0.3, -0.25) is 4.98 Å². The van der Waals surface area contributed by atoms with Crippen molar-refractivity contribution in [3.63, 3.8) is 0 Å². The number of hydrogen-bond acceptors (Lipinski definition) is 5. The summed E-state index contributed by atoms with van der Waals surface area (Å²) in [5.74, 6) is 1.34. The fourth-order valence-electron chi connectivity index (χ4n) is 1.60. The molecule has 18 heavy (non-hydrogen) atoms. The van der Waals surface area contributed by atoms with E-state index < -0.39 is 0 Å². The lowest BCUT2D eigenvalue weighted by Crippen LogP contribution is -1.87. The average molecular weight is 322 g/mol. The molecule has 0 radical (unpaired) electrons. The van der Waals surface area contributed by atoms with Crippen molar-refractivity contribution in [3.05, 3.63) is 41.1 Å². The third-order valence-corrected chi connectivity index (χ3v) is 3.59. The highest BCUT2D eigenvalue weighted by atomic mass is 79.9. The van der Waals surface area contributed by atoms with Gasteiger partial charge in [-0.25, -0.2) is 4.98 Å². The van der Waals surface area contributed by atoms with Gasteiger partial charge in [0.05, 0.1) is 10.9 Å². The lowest BCUT2D eigenvalue weighted by molar-refractivity contribution is 0.484. The summed E-state index contributed by atoms with van der Waals surface area (Å²) >= 11 is 4.80. The Morgan fingerprint density at radius 3 is 3.00 bits per heavy atom. The van der Waals surface area contributed by atoms with Crippen LogP contribution in [-0.4, -0.2) is 9.97 Å². The molecular formula is C12H8BrN3OS. The maximum atomic E-state index is 5.78. The standard InChI is InChI=1S/C12H8BrN3OS/c13-7-4-8(6-15-5-7)17-9-2-1-3-10-11(9)16-12(14)18-10/h1-6H,(H2,14,16). The van der Waals surface area contributed by atoms with Crippen molar-refractivity contribution in [2.24, 2.45) is 0 Å². The molecule has 1 aromatic carbocycles. The number of nitrogens with two attached hydrogens (primary N) is 1. The molecule has 90 valence electrons. The van der Waals surface area contributed by atoms with Gasteiger partial charge in [-0.15, -0.1) is 0 Å². The van der Waals surface area contributed by atoms with Gasteiger partial charge in [0.2, 0.25) is 0 Å². The summed E-state index contributed by atoms with van der Waals surface area (Å²) in [6.07, 6.45) is 3.35. The SMILES string of the molecule is Nc1nc2c(Oc3cncc(Br)c3)cccc2s1. The Kier molecular flexibility index (Phi) is 2.89. The number of thiazole rings is 1. The van der Waals surface area contributed by atoms with Gasteiger partial charge in [0.15, 0.2) is 10.9 Å². The molecule has 0 amide bonds. The summed E-state index contributed by atoms with van der Waals surface area (Å²) in [6, 6.07) is 7.60. The van der Waals surface area contributed by atoms with Crippen molar-refractivity contribution < 1.29 is 4.74 Å². The normalized spacial score (nSPS) is 10.7. The van der Waals surface area contributed by atoms with Crippen LogP contribution in [0.25, 0.3) is 10.2 Å². The van der Waals surface area contributed by atoms with E-state index in [2.05, 4.69) is 25.9 Å². The quantitative estimate of drug-likeness (QED) is 0.779. The molecule has 4 nitrogen and oxygen atoms in total. The maximum Gasteiger partial charge on any atom is 0.181 e. The van der Waals surface area contributed by atoms with Crippen molar-refractivity contribution >= 4 is 42.6 Å². The minimum Gasteiger partial charge on any atom is -0.453 e. The molecule has 2 N–H and O–H groups in total. The number of benzene rings is 1. The van der Waals surface area contributed by atoms with E-state index in [0.29, 0.717) is 16.6 Å². The minimum atomic E-state index is 0.536. The Bertz CT molecular complexity index is 713. The van der Waals surface area contributed by atoms with Crippen LogP contribution in [-0.2, 0) is 0 Å². The number of fused-ring (bicyclic) bond motifs is 1. The average Bonchev–Trinajstić information content (AvgIpc) is 2.71. The summed E-state index contributed by atoms with van der Waals surface area (Å²) in [5, 5.41) is 0.536. The fourth-order valence-corrected chi connectivity index (χ4v) is 2.69. The van der Waals surface area contributed by atoms with E-state index in [4.69, 9.17) is 10.5 Å². The van der Waals surface area contributed by atoms with Gasteiger partial charge in [0.1, 0.15) is 11.3 Å². The zero-order valence-electron chi connectivity index (χ0n) is 9.13. The monoisotopic (exact) mass is 321 g/mol. The van der Waals surface area contributed by atoms with Crippen LogP contribution in [0.1, 0.15) is 0 Å². The number of anilines is 1. The molecule has 3 aromatic rings. The molecule has 2 aromatic heterocycles. The number of hydrogen-bond donors (Lipinski definition) is 1. The van der Waals surface area contributed by atoms with Gasteiger partial charge in [0, 0.05) is 10.7 Å². The molecule has 0 saturated carbocycles. The molecule has 0 aliphatic carbocycles. The number of aromatic nitrogens is 2. The van der Waals surface area contributed by atoms with Gasteiger partial charge < -0.3 is 10.5 Å². The van der Waals surface area contributed by atoms with Crippen molar-refractivity contribution in [2.45, 2.75) is 0 Å². The number of para-hydroxylation sites is 1. The topological polar surface area (TPSA) is 61.0 Å². The van der Waals surface area contributed by atoms with Gasteiger partial charge in [-0.2, -0.15) is 0 Å². The van der Waals surface area contributed by atoms with E-state index in [1.54, 1.807) is 12.4 Å². The van der Waals surface area contributed by atoms with Crippen molar-refractivity contribution in [1.29, 1.82) is 0 Å². The number of halogens is 1. The molecular weight excluding hydrogens is 314 g/mol. The summed E-state index contributed by atoms with van der Waals surface area (Å²) in [4.78, 5) is 8.32. The van der Waals surface area contributed by atoms with E-state index in [1.165, 1.54) is 11.3 Å². The fraction of sp³-hybridized carbons (Fsp3) is 0. The highest BCUT2D eigenvalue weighted by Gasteiger charge is 2.08. The van der Waals surface area contributed by atoms with Crippen LogP contribution >= 0.6 is 27.3 Å². The Morgan fingerprint density at radius 2 is 2.17 bits per heavy atom. The van der Waals surface area contributed by atoms with Crippen molar-refractivity contribution in [3.8, 4) is 11.5 Å². The van der Waals surface area contributed by atoms with Crippen LogP contribution in [0.15, 0.2) is 41.1 Å². The van der Waals surface area contributed by atoms with Crippen LogP contribution in [0.4, 0.5) is 5.13 Å². The molecule has 6 heteroatoms. The first-order chi connectivity index (χ1) is 8.72. The van der Waals surface area contributed by atoms with Gasteiger partial charge in [-0.1, -0.05) is 17.4 Å². The Morgan fingerprint density at radius 1 is 1.28 bits per heavy atom. The predicted octanol–water partition coefficient (Wildman–Crippen LogP) is 3.83. The third-order valence-electron chi connectivity index (χ3n) is 2.31. The molecule has 0 bridgehead atoms. The molecule has 2 heterocycles. The summed E-state index contributed by atoms with van der Waals surface area (Å²) in [5.41, 5.74) is 6.49. The molecule has 0 aliphatic rings. The van der Waals surface area contributed by atoms with E-state index in [-0.39, 0.29) is 0 Å². The predicted molar refractivity (Wildman–Crippen MR) is 76.0 cm³/mol. The van der Waals surface area contributed by atoms with Gasteiger partial charge in [0.25, 0.3) is 0 Å². The second-order valence-corrected chi connectivity index (χ2v) is 5.57. The highest BCUT2D eigenvalue weighted by Crippen LogP contribution is 2.33. The largest absolute Gasteiger partial charge is 0.453 e. The molecule has 0 spiro atoms. The van der Waals surface area contributed by atoms with Crippen LogP contribution in [0.3, 0.4) is 0 Å². The zero-order chi connectivity index (χ0) is 12.5. The molecule has 0 aliphatic heterocycles. The van der Waals surface area contributed by atoms with Gasteiger partial charge >= 0.3 is 0 Å². The van der Waals surface area contributed by atoms with Crippen molar-refractivity contribution in [2.75, 3.05) is 5.73 Å². The number of nitrogen functional groups attached to an aromatic ring is 1. The lowest BCUT2D eigenvalue weighted by Gasteiger charge is -2.05. The summed E-state index contributed by atoms with van der Waals surface area (Å²) in [6.45, 7) is 0. The smallest absolute Gasteiger partial charge is 0.181 e. The first-order valence-corrected chi connectivity index (χ1v) is 6.77. The highest BCUT2D eigenvalue weighted by molar-refractivity contribution is 9.10. The van der Waals surface area contributed by atoms with Crippen LogP contribution in [0, 0.1) is 0 Å². The minimum absolute atomic E-state index is 0.536. The summed E-state index contributed by atoms with van der Waals surface area (Å²) < 4.78 is 7.65. The molecule has 0 saturated heterocycles. The van der Waals surface area contributed by atoms with Gasteiger partial charge in [-0.05, 0) is 34.1 Å². The first kappa shape index (κ1) is 11.4. The second-order valence-electron chi connectivity index (χ2n) is 3.60. The molecule has 0 fully saturated rings. The number of nitrogens with zero attached hydrogens (tertiary/aromatic N) is 2. The molecule has 0 atom stereocenters. The zero-order valence-corrected chi connectivity index (χ0v) is 11.5. The van der Waals surface area contributed by atoms with E-state index in [1.807, 2.05) is 24.3 Å².